The van der Waals surface area contributed by atoms with Crippen LogP contribution in [-0.2, 0) is 15.9 Å². The molecule has 34 heavy (non-hydrogen) atoms. The van der Waals surface area contributed by atoms with Crippen LogP contribution in [0.15, 0.2) is 61.2 Å². The summed E-state index contributed by atoms with van der Waals surface area (Å²) in [7, 11) is 0. The molecular formula is C28H26F4O2. The molecule has 2 nitrogen and oxygen atoms in total. The third kappa shape index (κ3) is 4.79. The summed E-state index contributed by atoms with van der Waals surface area (Å²) in [6.45, 7) is 5.96. The molecule has 0 spiro atoms. The summed E-state index contributed by atoms with van der Waals surface area (Å²) in [6, 6.07) is 12.5. The highest BCUT2D eigenvalue weighted by Gasteiger charge is 2.26. The first-order valence-electron chi connectivity index (χ1n) is 11.4. The molecule has 6 heteroatoms. The highest BCUT2D eigenvalue weighted by molar-refractivity contribution is 5.71. The monoisotopic (exact) mass is 470 g/mol. The zero-order chi connectivity index (χ0) is 24.2. The van der Waals surface area contributed by atoms with Gasteiger partial charge in [-0.15, -0.1) is 0 Å². The summed E-state index contributed by atoms with van der Waals surface area (Å²) in [4.78, 5) is 0. The summed E-state index contributed by atoms with van der Waals surface area (Å²) in [6.07, 6.45) is 3.10. The molecule has 3 aromatic rings. The van der Waals surface area contributed by atoms with Gasteiger partial charge in [-0.05, 0) is 41.2 Å². The average Bonchev–Trinajstić information content (AvgIpc) is 2.87. The Morgan fingerprint density at radius 2 is 1.35 bits per heavy atom. The van der Waals surface area contributed by atoms with Crippen molar-refractivity contribution < 1.29 is 27.0 Å². The predicted molar refractivity (Wildman–Crippen MR) is 124 cm³/mol. The van der Waals surface area contributed by atoms with Crippen LogP contribution in [0.2, 0.25) is 0 Å². The lowest BCUT2D eigenvalue weighted by Gasteiger charge is -2.28. The van der Waals surface area contributed by atoms with Crippen LogP contribution in [0.5, 0.6) is 0 Å². The normalized spacial score (nSPS) is 18.1. The minimum atomic E-state index is -0.978. The van der Waals surface area contributed by atoms with Crippen LogP contribution < -0.4 is 0 Å². The summed E-state index contributed by atoms with van der Waals surface area (Å²) >= 11 is 0. The Morgan fingerprint density at radius 3 is 1.91 bits per heavy atom. The number of aryl methyl sites for hydroxylation is 1. The fourth-order valence-electron chi connectivity index (χ4n) is 4.14. The van der Waals surface area contributed by atoms with Crippen molar-refractivity contribution in [2.75, 3.05) is 13.2 Å². The highest BCUT2D eigenvalue weighted by Crippen LogP contribution is 2.33. The SMILES string of the molecule is C=CC1OCC(c2ccc(-c3ccc(-c4ccc(CCCC)c(F)c4F)cc3)c(F)c2F)CO1. The van der Waals surface area contributed by atoms with E-state index in [1.807, 2.05) is 6.92 Å². The van der Waals surface area contributed by atoms with Gasteiger partial charge in [0.2, 0.25) is 0 Å². The first kappa shape index (κ1) is 24.2. The molecule has 0 saturated carbocycles. The molecule has 0 atom stereocenters. The Bertz CT molecular complexity index is 1170. The van der Waals surface area contributed by atoms with Crippen molar-refractivity contribution in [3.8, 4) is 22.3 Å². The number of unbranched alkanes of at least 4 members (excludes halogenated alkanes) is 1. The minimum Gasteiger partial charge on any atom is -0.348 e. The summed E-state index contributed by atoms with van der Waals surface area (Å²) < 4.78 is 69.8. The van der Waals surface area contributed by atoms with Crippen molar-refractivity contribution in [2.45, 2.75) is 38.4 Å². The van der Waals surface area contributed by atoms with Crippen LogP contribution in [0.1, 0.15) is 36.8 Å². The first-order valence-corrected chi connectivity index (χ1v) is 11.4. The Morgan fingerprint density at radius 1 is 0.794 bits per heavy atom. The zero-order valence-corrected chi connectivity index (χ0v) is 18.9. The molecule has 0 bridgehead atoms. The third-order valence-electron chi connectivity index (χ3n) is 6.14. The Balaban J connectivity index is 1.57. The highest BCUT2D eigenvalue weighted by atomic mass is 19.2. The largest absolute Gasteiger partial charge is 0.348 e. The van der Waals surface area contributed by atoms with Gasteiger partial charge >= 0.3 is 0 Å². The molecule has 1 aliphatic heterocycles. The second-order valence-electron chi connectivity index (χ2n) is 8.38. The minimum absolute atomic E-state index is 0.0796. The molecule has 4 rings (SSSR count). The zero-order valence-electron chi connectivity index (χ0n) is 18.9. The van der Waals surface area contributed by atoms with Crippen LogP contribution in [0, 0.1) is 23.3 Å². The van der Waals surface area contributed by atoms with Gasteiger partial charge in [0.05, 0.1) is 13.2 Å². The van der Waals surface area contributed by atoms with E-state index >= 15 is 0 Å². The number of rotatable bonds is 7. The van der Waals surface area contributed by atoms with Gasteiger partial charge in [-0.1, -0.05) is 68.5 Å². The van der Waals surface area contributed by atoms with E-state index in [4.69, 9.17) is 9.47 Å². The number of hydrogen-bond donors (Lipinski definition) is 0. The van der Waals surface area contributed by atoms with Gasteiger partial charge in [0.15, 0.2) is 29.6 Å². The lowest BCUT2D eigenvalue weighted by Crippen LogP contribution is -2.30. The number of halogens is 4. The topological polar surface area (TPSA) is 18.5 Å². The van der Waals surface area contributed by atoms with E-state index in [1.54, 1.807) is 36.4 Å². The van der Waals surface area contributed by atoms with Crippen LogP contribution in [-0.4, -0.2) is 19.5 Å². The van der Waals surface area contributed by atoms with Gasteiger partial charge in [0, 0.05) is 17.0 Å². The quantitative estimate of drug-likeness (QED) is 0.262. The van der Waals surface area contributed by atoms with Gasteiger partial charge in [0.25, 0.3) is 0 Å². The molecule has 0 aromatic heterocycles. The number of ether oxygens (including phenoxy) is 2. The van der Waals surface area contributed by atoms with Gasteiger partial charge in [-0.3, -0.25) is 0 Å². The second kappa shape index (κ2) is 10.5. The van der Waals surface area contributed by atoms with Crippen molar-refractivity contribution in [1.82, 2.24) is 0 Å². The van der Waals surface area contributed by atoms with Crippen molar-refractivity contribution in [3.05, 3.63) is 95.6 Å². The van der Waals surface area contributed by atoms with Crippen LogP contribution in [0.25, 0.3) is 22.3 Å². The molecule has 0 N–H and O–H groups in total. The molecule has 0 aliphatic carbocycles. The van der Waals surface area contributed by atoms with Crippen molar-refractivity contribution in [2.24, 2.45) is 0 Å². The average molecular weight is 471 g/mol. The molecule has 1 heterocycles. The molecule has 178 valence electrons. The van der Waals surface area contributed by atoms with Gasteiger partial charge < -0.3 is 9.47 Å². The summed E-state index contributed by atoms with van der Waals surface area (Å²) in [5.41, 5.74) is 1.62. The van der Waals surface area contributed by atoms with E-state index in [0.717, 1.165) is 12.8 Å². The van der Waals surface area contributed by atoms with Crippen LogP contribution in [0.4, 0.5) is 17.6 Å². The summed E-state index contributed by atoms with van der Waals surface area (Å²) in [5.74, 6) is -4.10. The fraction of sp³-hybridized carbons (Fsp3) is 0.286. The van der Waals surface area contributed by atoms with E-state index in [9.17, 15) is 17.6 Å². The maximum Gasteiger partial charge on any atom is 0.176 e. The van der Waals surface area contributed by atoms with Crippen molar-refractivity contribution in [1.29, 1.82) is 0 Å². The Kier molecular flexibility index (Phi) is 7.49. The van der Waals surface area contributed by atoms with E-state index in [2.05, 4.69) is 6.58 Å². The Hall–Kier alpha value is -2.96. The lowest BCUT2D eigenvalue weighted by atomic mass is 9.94. The van der Waals surface area contributed by atoms with Crippen LogP contribution in [0.3, 0.4) is 0 Å². The molecular weight excluding hydrogens is 444 g/mol. The summed E-state index contributed by atoms with van der Waals surface area (Å²) in [5, 5.41) is 0. The molecule has 0 amide bonds. The lowest BCUT2D eigenvalue weighted by molar-refractivity contribution is -0.159. The maximum atomic E-state index is 15.0. The number of hydrogen-bond acceptors (Lipinski definition) is 2. The third-order valence-corrected chi connectivity index (χ3v) is 6.14. The maximum absolute atomic E-state index is 15.0. The smallest absolute Gasteiger partial charge is 0.176 e. The van der Waals surface area contributed by atoms with E-state index < -0.39 is 35.5 Å². The van der Waals surface area contributed by atoms with E-state index in [0.29, 0.717) is 23.1 Å². The van der Waals surface area contributed by atoms with Gasteiger partial charge in [0.1, 0.15) is 0 Å². The molecule has 0 radical (unpaired) electrons. The molecule has 1 aliphatic rings. The second-order valence-corrected chi connectivity index (χ2v) is 8.38. The molecule has 1 fully saturated rings. The van der Waals surface area contributed by atoms with Gasteiger partial charge in [-0.25, -0.2) is 17.6 Å². The van der Waals surface area contributed by atoms with Crippen molar-refractivity contribution >= 4 is 0 Å². The predicted octanol–water partition coefficient (Wildman–Crippen LogP) is 7.56. The van der Waals surface area contributed by atoms with Crippen molar-refractivity contribution in [3.63, 3.8) is 0 Å². The molecule has 0 unspecified atom stereocenters. The number of benzene rings is 3. The molecule has 1 saturated heterocycles. The Labute approximate surface area is 196 Å². The fourth-order valence-corrected chi connectivity index (χ4v) is 4.14. The standard InChI is InChI=1S/C28H26F4O2/c1-3-5-6-19-11-12-21(26(30)25(19)29)17-7-9-18(10-8-17)22-13-14-23(28(32)27(22)31)20-15-33-24(4-2)34-16-20/h4,7-14,20,24H,2-3,5-6,15-16H2,1H3. The van der Waals surface area contributed by atoms with Gasteiger partial charge in [-0.2, -0.15) is 0 Å². The van der Waals surface area contributed by atoms with E-state index in [1.165, 1.54) is 18.2 Å². The first-order chi connectivity index (χ1) is 16.4. The van der Waals surface area contributed by atoms with Crippen LogP contribution >= 0.6 is 0 Å². The molecule has 3 aromatic carbocycles. The van der Waals surface area contributed by atoms with E-state index in [-0.39, 0.29) is 29.9 Å².